The molecule has 1 N–H and O–H groups in total. The van der Waals surface area contributed by atoms with Crippen LogP contribution in [0, 0.1) is 17.3 Å². The lowest BCUT2D eigenvalue weighted by Gasteiger charge is -2.55. The average Bonchev–Trinajstić information content (AvgIpc) is 3.36. The average molecular weight is 554 g/mol. The van der Waals surface area contributed by atoms with E-state index in [4.69, 9.17) is 9.47 Å². The number of carbonyl (C=O) groups is 1. The van der Waals surface area contributed by atoms with Crippen LogP contribution < -0.4 is 4.90 Å². The van der Waals surface area contributed by atoms with Gasteiger partial charge in [0.2, 0.25) is 0 Å². The Morgan fingerprint density at radius 3 is 2.28 bits per heavy atom. The van der Waals surface area contributed by atoms with Gasteiger partial charge in [0.25, 0.3) is 0 Å². The molecule has 1 spiro atoms. The first-order valence-corrected chi connectivity index (χ1v) is 12.8. The number of ketones is 1. The lowest BCUT2D eigenvalue weighted by atomic mass is 9.51. The first-order chi connectivity index (χ1) is 15.7. The van der Waals surface area contributed by atoms with Crippen molar-refractivity contribution in [3.63, 3.8) is 0 Å². The second-order valence-corrected chi connectivity index (χ2v) is 11.6. The van der Waals surface area contributed by atoms with Gasteiger partial charge in [-0.1, -0.05) is 24.6 Å². The molecule has 0 unspecified atom stereocenters. The molecule has 0 bridgehead atoms. The Kier molecular flexibility index (Phi) is 8.72. The van der Waals surface area contributed by atoms with Crippen molar-refractivity contribution in [2.24, 2.45) is 17.3 Å². The first-order valence-electron chi connectivity index (χ1n) is 12.8. The van der Waals surface area contributed by atoms with E-state index in [0.717, 1.165) is 38.5 Å². The molecule has 36 heavy (non-hydrogen) atoms. The summed E-state index contributed by atoms with van der Waals surface area (Å²) < 4.78 is 12.0. The van der Waals surface area contributed by atoms with E-state index >= 15 is 0 Å². The summed E-state index contributed by atoms with van der Waals surface area (Å²) in [7, 11) is 4.12. The molecular weight excluding hydrogens is 511 g/mol. The minimum atomic E-state index is -0.855. The lowest BCUT2D eigenvalue weighted by molar-refractivity contribution is -0.208. The Hall–Kier alpha value is -0.640. The number of nitrogens with zero attached hydrogens (tertiary/aromatic N) is 1. The van der Waals surface area contributed by atoms with Gasteiger partial charge in [-0.3, -0.25) is 4.79 Å². The Balaban J connectivity index is 0.00000120. The molecule has 5 nitrogen and oxygen atoms in total. The third-order valence-corrected chi connectivity index (χ3v) is 9.75. The topological polar surface area (TPSA) is 59.0 Å². The van der Waals surface area contributed by atoms with Crippen molar-refractivity contribution in [1.29, 1.82) is 0 Å². The second-order valence-electron chi connectivity index (χ2n) is 11.6. The Morgan fingerprint density at radius 1 is 0.972 bits per heavy atom. The maximum Gasteiger partial charge on any atom is 0.171 e. The van der Waals surface area contributed by atoms with Gasteiger partial charge in [0.1, 0.15) is 5.78 Å². The van der Waals surface area contributed by atoms with Crippen LogP contribution in [0.1, 0.15) is 69.8 Å². The van der Waals surface area contributed by atoms with Gasteiger partial charge in [0.05, 0.1) is 18.8 Å². The van der Waals surface area contributed by atoms with E-state index < -0.39 is 11.4 Å². The summed E-state index contributed by atoms with van der Waals surface area (Å²) in [5.41, 5.74) is 4.05. The van der Waals surface area contributed by atoms with Gasteiger partial charge in [-0.2, -0.15) is 40.5 Å². The fourth-order valence-corrected chi connectivity index (χ4v) is 8.09. The zero-order valence-corrected chi connectivity index (χ0v) is 24.7. The third kappa shape index (κ3) is 4.47. The van der Waals surface area contributed by atoms with E-state index in [1.54, 1.807) is 0 Å². The molecule has 1 saturated heterocycles. The summed E-state index contributed by atoms with van der Waals surface area (Å²) in [5.74, 6) is 0.826. The van der Waals surface area contributed by atoms with E-state index in [-0.39, 0.29) is 51.8 Å². The standard InChI is InChI=1S/C28H37NO4.3H2S/c1-26-16-21(18-4-6-19(7-5-18)29(2)3)25-20(22(26)8-9-24(26)30)10-12-27(31)17-28(13-11-23(25)27)32-14-15-33-28;;;/h4-7,20-22,31H,8-17H2,1-3H3;3*1H2/t20-,21+,22-,26-,27+;;;/m0.../s1. The highest BCUT2D eigenvalue weighted by Gasteiger charge is 2.60. The number of hydrogen-bond donors (Lipinski definition) is 1. The summed E-state index contributed by atoms with van der Waals surface area (Å²) in [6.07, 6.45) is 6.45. The molecule has 5 atom stereocenters. The quantitative estimate of drug-likeness (QED) is 0.527. The molecular formula is C28H43NO4S3. The number of allylic oxidation sites excluding steroid dienone is 1. The molecule has 6 rings (SSSR count). The number of rotatable bonds is 2. The Morgan fingerprint density at radius 2 is 1.64 bits per heavy atom. The first kappa shape index (κ1) is 29.9. The van der Waals surface area contributed by atoms with Crippen molar-refractivity contribution < 1.29 is 19.4 Å². The minimum absolute atomic E-state index is 0. The SMILES string of the molecule is CN(C)c1ccc([C@H]2C[C@]3(C)C(=O)CC[C@H]3[C@@H]3CC[C@@]4(O)CC5(CCC4=C32)OCCO5)cc1.S.S.S. The number of benzene rings is 1. The van der Waals surface area contributed by atoms with Crippen molar-refractivity contribution in [3.05, 3.63) is 41.0 Å². The molecule has 0 amide bonds. The second kappa shape index (κ2) is 10.5. The Labute approximate surface area is 236 Å². The largest absolute Gasteiger partial charge is 0.385 e. The van der Waals surface area contributed by atoms with E-state index in [1.807, 2.05) is 0 Å². The fraction of sp³-hybridized carbons (Fsp3) is 0.679. The van der Waals surface area contributed by atoms with Gasteiger partial charge in [0.15, 0.2) is 5.79 Å². The summed E-state index contributed by atoms with van der Waals surface area (Å²) >= 11 is 0. The third-order valence-electron chi connectivity index (χ3n) is 9.75. The number of fused-ring (bicyclic) bond motifs is 4. The molecule has 5 aliphatic rings. The highest BCUT2D eigenvalue weighted by Crippen LogP contribution is 2.64. The molecule has 1 aromatic rings. The van der Waals surface area contributed by atoms with Crippen molar-refractivity contribution in [1.82, 2.24) is 0 Å². The van der Waals surface area contributed by atoms with Crippen molar-refractivity contribution in [2.45, 2.75) is 75.6 Å². The molecule has 0 radical (unpaired) electrons. The molecule has 0 aromatic heterocycles. The normalized spacial score (nSPS) is 36.1. The van der Waals surface area contributed by atoms with Crippen LogP contribution in [0.25, 0.3) is 0 Å². The maximum absolute atomic E-state index is 13.1. The summed E-state index contributed by atoms with van der Waals surface area (Å²) in [6, 6.07) is 8.86. The van der Waals surface area contributed by atoms with Crippen LogP contribution >= 0.6 is 40.5 Å². The van der Waals surface area contributed by atoms with Crippen molar-refractivity contribution in [2.75, 3.05) is 32.2 Å². The number of hydrogen-bond acceptors (Lipinski definition) is 5. The molecule has 3 saturated carbocycles. The molecule has 1 heterocycles. The monoisotopic (exact) mass is 553 g/mol. The van der Waals surface area contributed by atoms with E-state index in [1.165, 1.54) is 22.4 Å². The van der Waals surface area contributed by atoms with Gasteiger partial charge in [-0.05, 0) is 67.2 Å². The van der Waals surface area contributed by atoms with Gasteiger partial charge in [0, 0.05) is 50.4 Å². The van der Waals surface area contributed by atoms with E-state index in [0.29, 0.717) is 43.7 Å². The summed E-state index contributed by atoms with van der Waals surface area (Å²) in [5, 5.41) is 12.0. The molecule has 202 valence electrons. The number of Topliss-reactive ketones (excluding diaryl/α,β-unsaturated/α-hetero) is 1. The van der Waals surface area contributed by atoms with Crippen molar-refractivity contribution >= 4 is 52.0 Å². The Bertz CT molecular complexity index is 1010. The highest BCUT2D eigenvalue weighted by molar-refractivity contribution is 7.59. The fourth-order valence-electron chi connectivity index (χ4n) is 8.09. The number of ether oxygens (including phenoxy) is 2. The molecule has 8 heteroatoms. The van der Waals surface area contributed by atoms with E-state index in [9.17, 15) is 9.90 Å². The van der Waals surface area contributed by atoms with Crippen molar-refractivity contribution in [3.8, 4) is 0 Å². The molecule has 1 aliphatic heterocycles. The van der Waals surface area contributed by atoms with Crippen LogP contribution in [0.2, 0.25) is 0 Å². The zero-order chi connectivity index (χ0) is 23.0. The van der Waals surface area contributed by atoms with Crippen LogP contribution in [0.3, 0.4) is 0 Å². The molecule has 4 fully saturated rings. The predicted molar refractivity (Wildman–Crippen MR) is 158 cm³/mol. The van der Waals surface area contributed by atoms with Gasteiger partial charge in [-0.15, -0.1) is 0 Å². The zero-order valence-electron chi connectivity index (χ0n) is 21.7. The minimum Gasteiger partial charge on any atom is -0.385 e. The number of carbonyl (C=O) groups excluding carboxylic acids is 1. The van der Waals surface area contributed by atoms with E-state index in [2.05, 4.69) is 50.2 Å². The van der Waals surface area contributed by atoms with Crippen LogP contribution in [0.4, 0.5) is 5.69 Å². The van der Waals surface area contributed by atoms with Gasteiger partial charge >= 0.3 is 0 Å². The lowest BCUT2D eigenvalue weighted by Crippen LogP contribution is -2.53. The number of anilines is 1. The van der Waals surface area contributed by atoms with Gasteiger partial charge in [-0.25, -0.2) is 0 Å². The van der Waals surface area contributed by atoms with Crippen LogP contribution in [0.15, 0.2) is 35.4 Å². The molecule has 4 aliphatic carbocycles. The maximum atomic E-state index is 13.1. The predicted octanol–water partition coefficient (Wildman–Crippen LogP) is 4.93. The smallest absolute Gasteiger partial charge is 0.171 e. The summed E-state index contributed by atoms with van der Waals surface area (Å²) in [6.45, 7) is 3.47. The van der Waals surface area contributed by atoms with Crippen LogP contribution in [-0.4, -0.2) is 49.6 Å². The van der Waals surface area contributed by atoms with Crippen LogP contribution in [0.5, 0.6) is 0 Å². The van der Waals surface area contributed by atoms with Crippen LogP contribution in [-0.2, 0) is 14.3 Å². The highest BCUT2D eigenvalue weighted by atomic mass is 32.1. The number of aliphatic hydroxyl groups is 1. The van der Waals surface area contributed by atoms with Gasteiger partial charge < -0.3 is 19.5 Å². The molecule has 1 aromatic carbocycles. The summed E-state index contributed by atoms with van der Waals surface area (Å²) in [4.78, 5) is 15.3.